The Bertz CT molecular complexity index is 176. The van der Waals surface area contributed by atoms with Crippen molar-refractivity contribution in [3.63, 3.8) is 0 Å². The van der Waals surface area contributed by atoms with Crippen LogP contribution in [0.25, 0.3) is 0 Å². The second-order valence-electron chi connectivity index (χ2n) is 6.38. The van der Waals surface area contributed by atoms with Gasteiger partial charge in [0.15, 0.2) is 0 Å². The largest absolute Gasteiger partial charge is 0.0625 e. The lowest BCUT2D eigenvalue weighted by atomic mass is 9.72. The molecule has 0 heterocycles. The van der Waals surface area contributed by atoms with Gasteiger partial charge in [-0.05, 0) is 30.1 Å². The predicted octanol–water partition coefficient (Wildman–Crippen LogP) is 5.03. The lowest BCUT2D eigenvalue weighted by Crippen LogP contribution is -2.22. The Kier molecular flexibility index (Phi) is 4.11. The molecule has 2 aliphatic carbocycles. The molecule has 88 valence electrons. The van der Waals surface area contributed by atoms with Crippen LogP contribution in [0.5, 0.6) is 0 Å². The molecule has 0 radical (unpaired) electrons. The summed E-state index contributed by atoms with van der Waals surface area (Å²) >= 11 is 0. The van der Waals surface area contributed by atoms with Crippen molar-refractivity contribution in [2.45, 2.75) is 71.6 Å². The maximum atomic E-state index is 2.50. The summed E-state index contributed by atoms with van der Waals surface area (Å²) < 4.78 is 0. The van der Waals surface area contributed by atoms with Gasteiger partial charge < -0.3 is 0 Å². The zero-order chi connectivity index (χ0) is 10.7. The summed E-state index contributed by atoms with van der Waals surface area (Å²) in [6, 6.07) is 0. The summed E-state index contributed by atoms with van der Waals surface area (Å²) in [4.78, 5) is 0. The molecular formula is C15H28. The van der Waals surface area contributed by atoms with E-state index in [9.17, 15) is 0 Å². The van der Waals surface area contributed by atoms with Crippen molar-refractivity contribution in [3.05, 3.63) is 0 Å². The Morgan fingerprint density at radius 1 is 0.800 bits per heavy atom. The van der Waals surface area contributed by atoms with Crippen LogP contribution in [0.15, 0.2) is 0 Å². The first-order valence-electron chi connectivity index (χ1n) is 7.25. The van der Waals surface area contributed by atoms with E-state index >= 15 is 0 Å². The normalized spacial score (nSPS) is 42.8. The Morgan fingerprint density at radius 2 is 1.47 bits per heavy atom. The van der Waals surface area contributed by atoms with Gasteiger partial charge in [-0.25, -0.2) is 0 Å². The van der Waals surface area contributed by atoms with Gasteiger partial charge in [-0.3, -0.25) is 0 Å². The molecule has 2 rings (SSSR count). The maximum absolute atomic E-state index is 2.50. The SMILES string of the molecule is CC1CCC(CC2CCCC[C@@H]2C)CC1. The quantitative estimate of drug-likeness (QED) is 0.597. The molecule has 0 aromatic rings. The summed E-state index contributed by atoms with van der Waals surface area (Å²) in [5.74, 6) is 4.21. The molecule has 0 saturated heterocycles. The molecule has 0 spiro atoms. The van der Waals surface area contributed by atoms with Gasteiger partial charge in [0.25, 0.3) is 0 Å². The monoisotopic (exact) mass is 208 g/mol. The predicted molar refractivity (Wildman–Crippen MR) is 66.9 cm³/mol. The molecule has 0 aliphatic heterocycles. The average Bonchev–Trinajstić information content (AvgIpc) is 2.25. The third-order valence-electron chi connectivity index (χ3n) is 5.06. The fraction of sp³-hybridized carbons (Fsp3) is 1.00. The van der Waals surface area contributed by atoms with E-state index in [0.717, 1.165) is 23.7 Å². The third kappa shape index (κ3) is 3.23. The lowest BCUT2D eigenvalue weighted by Gasteiger charge is -2.34. The second-order valence-corrected chi connectivity index (χ2v) is 6.38. The highest BCUT2D eigenvalue weighted by Gasteiger charge is 2.26. The summed E-state index contributed by atoms with van der Waals surface area (Å²) in [6.07, 6.45) is 13.7. The molecular weight excluding hydrogens is 180 g/mol. The van der Waals surface area contributed by atoms with Gasteiger partial charge >= 0.3 is 0 Å². The Morgan fingerprint density at radius 3 is 2.13 bits per heavy atom. The smallest absolute Gasteiger partial charge is 0.0386 e. The van der Waals surface area contributed by atoms with Gasteiger partial charge in [0.2, 0.25) is 0 Å². The molecule has 2 fully saturated rings. The van der Waals surface area contributed by atoms with Crippen molar-refractivity contribution in [3.8, 4) is 0 Å². The molecule has 0 amide bonds. The van der Waals surface area contributed by atoms with Crippen molar-refractivity contribution in [1.29, 1.82) is 0 Å². The summed E-state index contributed by atoms with van der Waals surface area (Å²) in [5.41, 5.74) is 0. The van der Waals surface area contributed by atoms with Crippen LogP contribution in [0.1, 0.15) is 71.6 Å². The standard InChI is InChI=1S/C15H28/c1-12-7-9-14(10-8-12)11-15-6-4-3-5-13(15)2/h12-15H,3-11H2,1-2H3/t12?,13-,14?,15?/m0/s1. The molecule has 2 atom stereocenters. The first-order chi connectivity index (χ1) is 7.25. The number of rotatable bonds is 2. The van der Waals surface area contributed by atoms with E-state index in [1.165, 1.54) is 51.4 Å². The first kappa shape index (κ1) is 11.5. The van der Waals surface area contributed by atoms with E-state index in [1.54, 1.807) is 6.42 Å². The van der Waals surface area contributed by atoms with Crippen molar-refractivity contribution in [2.75, 3.05) is 0 Å². The zero-order valence-electron chi connectivity index (χ0n) is 10.7. The van der Waals surface area contributed by atoms with Crippen LogP contribution in [-0.4, -0.2) is 0 Å². The van der Waals surface area contributed by atoms with Crippen molar-refractivity contribution in [2.24, 2.45) is 23.7 Å². The average molecular weight is 208 g/mol. The van der Waals surface area contributed by atoms with Gasteiger partial charge in [-0.1, -0.05) is 65.2 Å². The van der Waals surface area contributed by atoms with Crippen LogP contribution in [0.4, 0.5) is 0 Å². The number of hydrogen-bond donors (Lipinski definition) is 0. The molecule has 1 unspecified atom stereocenters. The molecule has 2 saturated carbocycles. The fourth-order valence-electron chi connectivity index (χ4n) is 3.74. The molecule has 15 heavy (non-hydrogen) atoms. The third-order valence-corrected chi connectivity index (χ3v) is 5.06. The maximum Gasteiger partial charge on any atom is -0.0386 e. The Balaban J connectivity index is 1.75. The van der Waals surface area contributed by atoms with Crippen LogP contribution in [-0.2, 0) is 0 Å². The molecule has 0 nitrogen and oxygen atoms in total. The van der Waals surface area contributed by atoms with Crippen LogP contribution < -0.4 is 0 Å². The first-order valence-corrected chi connectivity index (χ1v) is 7.25. The van der Waals surface area contributed by atoms with Gasteiger partial charge in [-0.2, -0.15) is 0 Å². The van der Waals surface area contributed by atoms with Crippen molar-refractivity contribution < 1.29 is 0 Å². The van der Waals surface area contributed by atoms with Gasteiger partial charge in [0.1, 0.15) is 0 Å². The minimum atomic E-state index is 1.02. The van der Waals surface area contributed by atoms with E-state index in [4.69, 9.17) is 0 Å². The highest BCUT2D eigenvalue weighted by atomic mass is 14.3. The van der Waals surface area contributed by atoms with Crippen molar-refractivity contribution >= 4 is 0 Å². The van der Waals surface area contributed by atoms with E-state index in [-0.39, 0.29) is 0 Å². The lowest BCUT2D eigenvalue weighted by molar-refractivity contribution is 0.176. The minimum absolute atomic E-state index is 1.02. The molecule has 0 aromatic heterocycles. The molecule has 2 aliphatic rings. The van der Waals surface area contributed by atoms with E-state index < -0.39 is 0 Å². The zero-order valence-corrected chi connectivity index (χ0v) is 10.7. The topological polar surface area (TPSA) is 0 Å². The van der Waals surface area contributed by atoms with Crippen LogP contribution in [0.3, 0.4) is 0 Å². The van der Waals surface area contributed by atoms with E-state index in [1.807, 2.05) is 0 Å². The van der Waals surface area contributed by atoms with E-state index in [0.29, 0.717) is 0 Å². The Labute approximate surface area is 95.8 Å². The molecule has 0 heteroatoms. The molecule has 0 bridgehead atoms. The molecule has 0 aromatic carbocycles. The minimum Gasteiger partial charge on any atom is -0.0625 e. The summed E-state index contributed by atoms with van der Waals surface area (Å²) in [6.45, 7) is 4.93. The van der Waals surface area contributed by atoms with Gasteiger partial charge in [0, 0.05) is 0 Å². The molecule has 0 N–H and O–H groups in total. The van der Waals surface area contributed by atoms with Crippen LogP contribution >= 0.6 is 0 Å². The Hall–Kier alpha value is 0. The van der Waals surface area contributed by atoms with Crippen LogP contribution in [0.2, 0.25) is 0 Å². The second kappa shape index (κ2) is 5.37. The van der Waals surface area contributed by atoms with E-state index in [2.05, 4.69) is 13.8 Å². The van der Waals surface area contributed by atoms with Crippen LogP contribution in [0, 0.1) is 23.7 Å². The highest BCUT2D eigenvalue weighted by molar-refractivity contribution is 4.78. The summed E-state index contributed by atoms with van der Waals surface area (Å²) in [5, 5.41) is 0. The van der Waals surface area contributed by atoms with Gasteiger partial charge in [-0.15, -0.1) is 0 Å². The number of hydrogen-bond acceptors (Lipinski definition) is 0. The fourth-order valence-corrected chi connectivity index (χ4v) is 3.74. The van der Waals surface area contributed by atoms with Crippen molar-refractivity contribution in [1.82, 2.24) is 0 Å². The highest BCUT2D eigenvalue weighted by Crippen LogP contribution is 2.39. The summed E-state index contributed by atoms with van der Waals surface area (Å²) in [7, 11) is 0. The van der Waals surface area contributed by atoms with Gasteiger partial charge in [0.05, 0.1) is 0 Å².